The average Bonchev–Trinajstić information content (AvgIpc) is 3.91. The third kappa shape index (κ3) is 5.32. The Labute approximate surface area is 392 Å². The van der Waals surface area contributed by atoms with Crippen LogP contribution in [-0.4, -0.2) is 0 Å². The highest BCUT2D eigenvalue weighted by atomic mass is 14.4. The van der Waals surface area contributed by atoms with Crippen LogP contribution >= 0.6 is 0 Å². The van der Waals surface area contributed by atoms with Crippen molar-refractivity contribution in [3.8, 4) is 124 Å². The Kier molecular flexibility index (Phi) is 8.43. The summed E-state index contributed by atoms with van der Waals surface area (Å²) in [5, 5.41) is 48.3. The summed E-state index contributed by atoms with van der Waals surface area (Å²) in [5.41, 5.74) is 20.2. The van der Waals surface area contributed by atoms with Crippen molar-refractivity contribution in [2.45, 2.75) is 0 Å². The molecule has 0 N–H and O–H groups in total. The maximum Gasteiger partial charge on any atom is 0.0998 e. The van der Waals surface area contributed by atoms with E-state index in [-0.39, 0.29) is 0 Å². The Hall–Kier alpha value is -9.84. The molecule has 0 heterocycles. The predicted molar refractivity (Wildman–Crippen MR) is 274 cm³/mol. The van der Waals surface area contributed by atoms with Crippen LogP contribution in [0, 0.1) is 45.3 Å². The Morgan fingerprint density at radius 3 is 1.01 bits per heavy atom. The van der Waals surface area contributed by atoms with E-state index in [1.807, 2.05) is 24.3 Å². The lowest BCUT2D eigenvalue weighted by Crippen LogP contribution is -1.97. The molecule has 0 aliphatic heterocycles. The number of hydrogen-bond acceptors (Lipinski definition) is 4. The van der Waals surface area contributed by atoms with Crippen LogP contribution in [0.15, 0.2) is 194 Å². The van der Waals surface area contributed by atoms with Crippen LogP contribution in [0.25, 0.3) is 132 Å². The number of fused-ring (bicyclic) bond motifs is 8. The first-order chi connectivity index (χ1) is 33.6. The minimum atomic E-state index is 0.449. The molecule has 0 saturated heterocycles. The molecule has 4 nitrogen and oxygen atoms in total. The summed E-state index contributed by atoms with van der Waals surface area (Å²) in [6.45, 7) is 0. The molecule has 0 bridgehead atoms. The van der Waals surface area contributed by atoms with Gasteiger partial charge in [-0.15, -0.1) is 0 Å². The van der Waals surface area contributed by atoms with E-state index in [1.54, 1.807) is 24.3 Å². The van der Waals surface area contributed by atoms with Gasteiger partial charge in [-0.2, -0.15) is 21.0 Å². The van der Waals surface area contributed by atoms with Gasteiger partial charge in [0.25, 0.3) is 0 Å². The Bertz CT molecular complexity index is 4100. The van der Waals surface area contributed by atoms with Gasteiger partial charge in [0.2, 0.25) is 0 Å². The summed E-state index contributed by atoms with van der Waals surface area (Å²) in [6.07, 6.45) is 0. The SMILES string of the molecule is N#Cc1ccc(C#N)c(-c2c3c(c(-c4cc(C#N)ccc4C#N)c4ccccc24)-c2ccc4c5c(ccc-3c25)-c2c-4c(-c3ccccc3-c3ccccc3)c3ccccc3c2-c2ccccc2)c1. The molecule has 4 heteroatoms. The summed E-state index contributed by atoms with van der Waals surface area (Å²) in [6, 6.07) is 76.1. The molecule has 0 aromatic heterocycles. The maximum atomic E-state index is 10.7. The standard InChI is InChI=1S/C64H32N4/c65-33-37-23-25-41(35-67)53(31-37)57-47-21-11-12-22-48(47)58(54-32-38(34-66)24-26-42(54)36-68)64-52-30-29-50-59-49(27-28-51(60(52)59)63(57)64)61-55(40-15-5-2-6-16-40)45-19-9-10-20-46(45)56(62(50)61)44-18-8-7-17-43(44)39-13-3-1-4-14-39/h1-32H. The minimum absolute atomic E-state index is 0.449. The molecule has 11 aromatic carbocycles. The quantitative estimate of drug-likeness (QED) is 0.172. The molecular formula is C64H32N4. The van der Waals surface area contributed by atoms with Gasteiger partial charge < -0.3 is 0 Å². The van der Waals surface area contributed by atoms with Crippen LogP contribution in [0.4, 0.5) is 0 Å². The molecule has 0 saturated carbocycles. The van der Waals surface area contributed by atoms with Crippen LogP contribution in [-0.2, 0) is 0 Å². The summed E-state index contributed by atoms with van der Waals surface area (Å²) >= 11 is 0. The largest absolute Gasteiger partial charge is 0.192 e. The predicted octanol–water partition coefficient (Wildman–Crippen LogP) is 16.3. The van der Waals surface area contributed by atoms with Gasteiger partial charge in [0.1, 0.15) is 0 Å². The van der Waals surface area contributed by atoms with Gasteiger partial charge in [0.05, 0.1) is 46.5 Å². The van der Waals surface area contributed by atoms with Crippen molar-refractivity contribution in [2.75, 3.05) is 0 Å². The fourth-order valence-electron chi connectivity index (χ4n) is 11.4. The molecule has 13 rings (SSSR count). The van der Waals surface area contributed by atoms with Gasteiger partial charge in [-0.3, -0.25) is 0 Å². The van der Waals surface area contributed by atoms with Gasteiger partial charge in [0, 0.05) is 11.1 Å². The summed E-state index contributed by atoms with van der Waals surface area (Å²) in [5.74, 6) is 0. The van der Waals surface area contributed by atoms with E-state index in [0.717, 1.165) is 99.1 Å². The molecule has 0 fully saturated rings. The van der Waals surface area contributed by atoms with Crippen molar-refractivity contribution in [2.24, 2.45) is 0 Å². The van der Waals surface area contributed by atoms with Gasteiger partial charge in [-0.1, -0.05) is 158 Å². The van der Waals surface area contributed by atoms with Gasteiger partial charge in [-0.25, -0.2) is 0 Å². The summed E-state index contributed by atoms with van der Waals surface area (Å²) < 4.78 is 0. The fourth-order valence-corrected chi connectivity index (χ4v) is 11.4. The number of benzene rings is 11. The molecule has 308 valence electrons. The van der Waals surface area contributed by atoms with Crippen LogP contribution in [0.5, 0.6) is 0 Å². The second-order valence-electron chi connectivity index (χ2n) is 17.4. The van der Waals surface area contributed by atoms with Gasteiger partial charge in [0.15, 0.2) is 0 Å². The van der Waals surface area contributed by atoms with E-state index < -0.39 is 0 Å². The van der Waals surface area contributed by atoms with E-state index in [2.05, 4.69) is 170 Å². The molecule has 11 aromatic rings. The topological polar surface area (TPSA) is 95.2 Å². The van der Waals surface area contributed by atoms with Crippen molar-refractivity contribution in [3.05, 3.63) is 216 Å². The summed E-state index contributed by atoms with van der Waals surface area (Å²) in [7, 11) is 0. The number of nitrogens with zero attached hydrogens (tertiary/aromatic N) is 4. The molecule has 0 radical (unpaired) electrons. The third-order valence-corrected chi connectivity index (χ3v) is 14.1. The first-order valence-corrected chi connectivity index (χ1v) is 22.5. The zero-order chi connectivity index (χ0) is 45.6. The molecule has 68 heavy (non-hydrogen) atoms. The minimum Gasteiger partial charge on any atom is -0.192 e. The van der Waals surface area contributed by atoms with Gasteiger partial charge in [-0.05, 0) is 158 Å². The van der Waals surface area contributed by atoms with Crippen LogP contribution in [0.1, 0.15) is 22.3 Å². The molecule has 2 aliphatic carbocycles. The highest BCUT2D eigenvalue weighted by molar-refractivity contribution is 6.35. The van der Waals surface area contributed by atoms with E-state index in [1.165, 1.54) is 22.3 Å². The Balaban J connectivity index is 1.23. The van der Waals surface area contributed by atoms with E-state index in [0.29, 0.717) is 33.4 Å². The van der Waals surface area contributed by atoms with Crippen LogP contribution in [0.2, 0.25) is 0 Å². The highest BCUT2D eigenvalue weighted by Gasteiger charge is 2.38. The molecule has 0 amide bonds. The zero-order valence-corrected chi connectivity index (χ0v) is 36.3. The smallest absolute Gasteiger partial charge is 0.0998 e. The molecule has 0 spiro atoms. The Morgan fingerprint density at radius 2 is 0.588 bits per heavy atom. The summed E-state index contributed by atoms with van der Waals surface area (Å²) in [4.78, 5) is 0. The first kappa shape index (κ1) is 38.6. The lowest BCUT2D eigenvalue weighted by molar-refractivity contribution is 1.45. The Morgan fingerprint density at radius 1 is 0.235 bits per heavy atom. The molecule has 0 atom stereocenters. The normalized spacial score (nSPS) is 11.5. The monoisotopic (exact) mass is 856 g/mol. The second-order valence-corrected chi connectivity index (χ2v) is 17.4. The zero-order valence-electron chi connectivity index (χ0n) is 36.3. The lowest BCUT2D eigenvalue weighted by atomic mass is 9.80. The van der Waals surface area contributed by atoms with Gasteiger partial charge >= 0.3 is 0 Å². The molecular weight excluding hydrogens is 825 g/mol. The molecule has 2 aliphatic rings. The second kappa shape index (κ2) is 14.9. The number of hydrogen-bond donors (Lipinski definition) is 0. The average molecular weight is 857 g/mol. The van der Waals surface area contributed by atoms with E-state index >= 15 is 0 Å². The van der Waals surface area contributed by atoms with E-state index in [9.17, 15) is 21.0 Å². The first-order valence-electron chi connectivity index (χ1n) is 22.5. The maximum absolute atomic E-state index is 10.7. The highest BCUT2D eigenvalue weighted by Crippen LogP contribution is 2.65. The number of rotatable bonds is 5. The van der Waals surface area contributed by atoms with E-state index in [4.69, 9.17) is 0 Å². The van der Waals surface area contributed by atoms with Crippen molar-refractivity contribution in [3.63, 3.8) is 0 Å². The third-order valence-electron chi connectivity index (χ3n) is 14.1. The van der Waals surface area contributed by atoms with Crippen molar-refractivity contribution >= 4 is 32.3 Å². The van der Waals surface area contributed by atoms with Crippen molar-refractivity contribution in [1.29, 1.82) is 21.0 Å². The number of nitriles is 4. The van der Waals surface area contributed by atoms with Crippen LogP contribution in [0.3, 0.4) is 0 Å². The van der Waals surface area contributed by atoms with Crippen molar-refractivity contribution in [1.82, 2.24) is 0 Å². The van der Waals surface area contributed by atoms with Crippen LogP contribution < -0.4 is 0 Å². The lowest BCUT2D eigenvalue weighted by Gasteiger charge is -2.22. The fraction of sp³-hybridized carbons (Fsp3) is 0. The van der Waals surface area contributed by atoms with Crippen molar-refractivity contribution < 1.29 is 0 Å². The molecule has 0 unspecified atom stereocenters.